The van der Waals surface area contributed by atoms with Crippen LogP contribution in [0.4, 0.5) is 5.69 Å². The highest BCUT2D eigenvalue weighted by Gasteiger charge is 2.27. The number of rotatable bonds is 6. The van der Waals surface area contributed by atoms with Gasteiger partial charge in [-0.05, 0) is 42.3 Å². The minimum atomic E-state index is -3.68. The van der Waals surface area contributed by atoms with Crippen molar-refractivity contribution >= 4 is 27.7 Å². The number of nitrogens with zero attached hydrogens (tertiary/aromatic N) is 1. The van der Waals surface area contributed by atoms with Gasteiger partial charge >= 0.3 is 0 Å². The lowest BCUT2D eigenvalue weighted by Crippen LogP contribution is -2.40. The van der Waals surface area contributed by atoms with E-state index < -0.39 is 10.0 Å². The second kappa shape index (κ2) is 9.21. The summed E-state index contributed by atoms with van der Waals surface area (Å²) in [6, 6.07) is 12.1. The third kappa shape index (κ3) is 5.03. The Morgan fingerprint density at radius 2 is 1.90 bits per heavy atom. The molecule has 1 amide bonds. The Morgan fingerprint density at radius 3 is 2.59 bits per heavy atom. The molecule has 0 atom stereocenters. The fraction of sp³-hybridized carbons (Fsp3) is 0.286. The molecule has 29 heavy (non-hydrogen) atoms. The lowest BCUT2D eigenvalue weighted by molar-refractivity contribution is -0.111. The first-order chi connectivity index (χ1) is 13.9. The van der Waals surface area contributed by atoms with Crippen LogP contribution in [-0.4, -0.2) is 52.0 Å². The molecule has 154 valence electrons. The average molecular weight is 416 g/mol. The number of hydrogen-bond donors (Lipinski definition) is 1. The first kappa shape index (κ1) is 21.0. The quantitative estimate of drug-likeness (QED) is 0.732. The molecule has 0 saturated carbocycles. The van der Waals surface area contributed by atoms with E-state index in [2.05, 4.69) is 5.32 Å². The van der Waals surface area contributed by atoms with Crippen molar-refractivity contribution in [3.8, 4) is 5.75 Å². The van der Waals surface area contributed by atoms with Crippen molar-refractivity contribution < 1.29 is 22.7 Å². The van der Waals surface area contributed by atoms with Crippen molar-refractivity contribution in [3.05, 3.63) is 59.7 Å². The largest absolute Gasteiger partial charge is 0.495 e. The van der Waals surface area contributed by atoms with Crippen LogP contribution < -0.4 is 10.1 Å². The van der Waals surface area contributed by atoms with Crippen molar-refractivity contribution in [1.29, 1.82) is 0 Å². The fourth-order valence-electron chi connectivity index (χ4n) is 2.99. The smallest absolute Gasteiger partial charge is 0.248 e. The van der Waals surface area contributed by atoms with Gasteiger partial charge < -0.3 is 14.8 Å². The molecular weight excluding hydrogens is 392 g/mol. The molecule has 0 unspecified atom stereocenters. The molecule has 1 N–H and O–H groups in total. The number of ether oxygens (including phenoxy) is 2. The van der Waals surface area contributed by atoms with Crippen LogP contribution in [0.5, 0.6) is 5.75 Å². The van der Waals surface area contributed by atoms with Gasteiger partial charge in [0.25, 0.3) is 0 Å². The van der Waals surface area contributed by atoms with Crippen molar-refractivity contribution in [2.75, 3.05) is 38.7 Å². The van der Waals surface area contributed by atoms with Crippen molar-refractivity contribution in [2.24, 2.45) is 0 Å². The zero-order chi connectivity index (χ0) is 20.9. The Balaban J connectivity index is 1.82. The van der Waals surface area contributed by atoms with E-state index in [4.69, 9.17) is 9.47 Å². The maximum Gasteiger partial charge on any atom is 0.248 e. The number of benzene rings is 2. The third-order valence-corrected chi connectivity index (χ3v) is 6.53. The van der Waals surface area contributed by atoms with Crippen LogP contribution in [0.25, 0.3) is 6.08 Å². The van der Waals surface area contributed by atoms with E-state index in [1.807, 2.05) is 31.2 Å². The molecule has 0 aliphatic carbocycles. The van der Waals surface area contributed by atoms with Crippen LogP contribution in [0.1, 0.15) is 11.1 Å². The van der Waals surface area contributed by atoms with Gasteiger partial charge in [0.05, 0.1) is 30.9 Å². The summed E-state index contributed by atoms with van der Waals surface area (Å²) >= 11 is 0. The van der Waals surface area contributed by atoms with Crippen LogP contribution in [0, 0.1) is 6.92 Å². The number of methoxy groups -OCH3 is 1. The Hall–Kier alpha value is -2.68. The number of sulfonamides is 1. The maximum atomic E-state index is 12.9. The monoisotopic (exact) mass is 416 g/mol. The van der Waals surface area contributed by atoms with Crippen LogP contribution in [0.3, 0.4) is 0 Å². The molecule has 1 fully saturated rings. The van der Waals surface area contributed by atoms with Gasteiger partial charge in [0.2, 0.25) is 15.9 Å². The van der Waals surface area contributed by atoms with E-state index in [-0.39, 0.29) is 10.8 Å². The third-order valence-electron chi connectivity index (χ3n) is 4.64. The first-order valence-corrected chi connectivity index (χ1v) is 10.7. The number of nitrogens with one attached hydrogen (secondary N) is 1. The van der Waals surface area contributed by atoms with E-state index in [0.717, 1.165) is 11.1 Å². The lowest BCUT2D eigenvalue weighted by Gasteiger charge is -2.26. The van der Waals surface area contributed by atoms with Crippen LogP contribution in [-0.2, 0) is 19.6 Å². The maximum absolute atomic E-state index is 12.9. The van der Waals surface area contributed by atoms with Gasteiger partial charge in [-0.3, -0.25) is 4.79 Å². The number of anilines is 1. The molecule has 1 heterocycles. The van der Waals surface area contributed by atoms with E-state index >= 15 is 0 Å². The summed E-state index contributed by atoms with van der Waals surface area (Å²) in [5.41, 5.74) is 2.27. The van der Waals surface area contributed by atoms with Gasteiger partial charge in [0.1, 0.15) is 5.75 Å². The van der Waals surface area contributed by atoms with Crippen LogP contribution in [0.2, 0.25) is 0 Å². The van der Waals surface area contributed by atoms with Gasteiger partial charge in [-0.15, -0.1) is 0 Å². The number of morpholine rings is 1. The molecule has 1 saturated heterocycles. The Labute approximate surface area is 171 Å². The SMILES string of the molecule is COc1ccc(S(=O)(=O)N2CCOCC2)cc1NC(=O)/C=C/c1ccccc1C. The first-order valence-electron chi connectivity index (χ1n) is 9.22. The summed E-state index contributed by atoms with van der Waals surface area (Å²) in [5.74, 6) is -0.00366. The molecule has 0 aromatic heterocycles. The molecule has 2 aromatic rings. The molecule has 0 spiro atoms. The summed E-state index contributed by atoms with van der Waals surface area (Å²) in [6.45, 7) is 3.29. The highest BCUT2D eigenvalue weighted by Crippen LogP contribution is 2.29. The summed E-state index contributed by atoms with van der Waals surface area (Å²) in [5, 5.41) is 2.71. The molecule has 2 aromatic carbocycles. The fourth-order valence-corrected chi connectivity index (χ4v) is 4.43. The Bertz CT molecular complexity index is 1010. The van der Waals surface area contributed by atoms with Gasteiger partial charge in [0, 0.05) is 19.2 Å². The summed E-state index contributed by atoms with van der Waals surface area (Å²) in [6.07, 6.45) is 3.12. The molecule has 1 aliphatic heterocycles. The second-order valence-corrected chi connectivity index (χ2v) is 8.50. The summed E-state index contributed by atoms with van der Waals surface area (Å²) in [7, 11) is -2.22. The molecule has 0 radical (unpaired) electrons. The molecular formula is C21H24N2O5S. The van der Waals surface area contributed by atoms with Crippen LogP contribution >= 0.6 is 0 Å². The minimum absolute atomic E-state index is 0.0957. The number of hydrogen-bond acceptors (Lipinski definition) is 5. The standard InChI is InChI=1S/C21H24N2O5S/c1-16-5-3-4-6-17(16)7-10-21(24)22-19-15-18(8-9-20(19)27-2)29(25,26)23-11-13-28-14-12-23/h3-10,15H,11-14H2,1-2H3,(H,22,24)/b10-7+. The van der Waals surface area contributed by atoms with E-state index in [0.29, 0.717) is 37.7 Å². The highest BCUT2D eigenvalue weighted by molar-refractivity contribution is 7.89. The number of carbonyl (C=O) groups excluding carboxylic acids is 1. The van der Waals surface area contributed by atoms with Gasteiger partial charge in [-0.2, -0.15) is 4.31 Å². The molecule has 7 nitrogen and oxygen atoms in total. The Morgan fingerprint density at radius 1 is 1.17 bits per heavy atom. The predicted octanol–water partition coefficient (Wildman–Crippen LogP) is 2.68. The Kier molecular flexibility index (Phi) is 6.68. The molecule has 0 bridgehead atoms. The van der Waals surface area contributed by atoms with E-state index in [9.17, 15) is 13.2 Å². The minimum Gasteiger partial charge on any atom is -0.495 e. The summed E-state index contributed by atoms with van der Waals surface area (Å²) in [4.78, 5) is 12.5. The zero-order valence-electron chi connectivity index (χ0n) is 16.4. The normalized spacial score (nSPS) is 15.4. The zero-order valence-corrected chi connectivity index (χ0v) is 17.2. The van der Waals surface area contributed by atoms with E-state index in [1.165, 1.54) is 35.7 Å². The average Bonchev–Trinajstić information content (AvgIpc) is 2.73. The number of carbonyl (C=O) groups is 1. The predicted molar refractivity (Wildman–Crippen MR) is 111 cm³/mol. The number of aryl methyl sites for hydroxylation is 1. The molecule has 3 rings (SSSR count). The lowest BCUT2D eigenvalue weighted by atomic mass is 10.1. The number of amides is 1. The topological polar surface area (TPSA) is 84.9 Å². The second-order valence-electron chi connectivity index (χ2n) is 6.56. The van der Waals surface area contributed by atoms with Crippen LogP contribution in [0.15, 0.2) is 53.4 Å². The summed E-state index contributed by atoms with van der Waals surface area (Å²) < 4.78 is 37.6. The van der Waals surface area contributed by atoms with E-state index in [1.54, 1.807) is 6.08 Å². The molecule has 1 aliphatic rings. The van der Waals surface area contributed by atoms with Gasteiger partial charge in [0.15, 0.2) is 0 Å². The van der Waals surface area contributed by atoms with Crippen molar-refractivity contribution in [2.45, 2.75) is 11.8 Å². The van der Waals surface area contributed by atoms with Crippen molar-refractivity contribution in [3.63, 3.8) is 0 Å². The molecule has 8 heteroatoms. The highest BCUT2D eigenvalue weighted by atomic mass is 32.2. The van der Waals surface area contributed by atoms with Gasteiger partial charge in [-0.25, -0.2) is 8.42 Å². The van der Waals surface area contributed by atoms with Gasteiger partial charge in [-0.1, -0.05) is 24.3 Å². The van der Waals surface area contributed by atoms with Crippen molar-refractivity contribution in [1.82, 2.24) is 4.31 Å².